The van der Waals surface area contributed by atoms with Gasteiger partial charge in [0.25, 0.3) is 5.56 Å². The number of amides is 1. The van der Waals surface area contributed by atoms with Gasteiger partial charge in [0, 0.05) is 17.1 Å². The standard InChI is InChI=1S/C22H25N3O2S2/c1-13(2)12-25-21(27)18-16-10-7-11-17(16)29-20(18)24-22(25)28-14(3)19(26)23-15-8-5-4-6-9-15/h4-6,8-9,13-14H,7,10-12H2,1-3H3,(H,23,26)/t14-/m0/s1. The van der Waals surface area contributed by atoms with Crippen LogP contribution in [0.1, 0.15) is 37.6 Å². The van der Waals surface area contributed by atoms with Gasteiger partial charge in [-0.3, -0.25) is 14.2 Å². The van der Waals surface area contributed by atoms with E-state index in [4.69, 9.17) is 4.98 Å². The minimum atomic E-state index is -0.371. The first kappa shape index (κ1) is 20.2. The van der Waals surface area contributed by atoms with E-state index in [2.05, 4.69) is 19.2 Å². The Morgan fingerprint density at radius 2 is 2.00 bits per heavy atom. The number of aromatic nitrogens is 2. The first-order chi connectivity index (χ1) is 13.9. The highest BCUT2D eigenvalue weighted by Gasteiger charge is 2.25. The second kappa shape index (κ2) is 8.32. The molecule has 2 aromatic heterocycles. The molecule has 1 atom stereocenters. The summed E-state index contributed by atoms with van der Waals surface area (Å²) in [4.78, 5) is 33.0. The van der Waals surface area contributed by atoms with Crippen molar-refractivity contribution < 1.29 is 4.79 Å². The lowest BCUT2D eigenvalue weighted by atomic mass is 10.2. The van der Waals surface area contributed by atoms with Gasteiger partial charge in [-0.1, -0.05) is 43.8 Å². The van der Waals surface area contributed by atoms with Crippen molar-refractivity contribution in [2.75, 3.05) is 5.32 Å². The molecule has 3 aromatic rings. The molecule has 0 saturated carbocycles. The lowest BCUT2D eigenvalue weighted by Crippen LogP contribution is -2.28. The molecular formula is C22H25N3O2S2. The number of benzene rings is 1. The third kappa shape index (κ3) is 4.12. The molecule has 4 rings (SSSR count). The summed E-state index contributed by atoms with van der Waals surface area (Å²) in [5, 5.41) is 3.99. The zero-order chi connectivity index (χ0) is 20.5. The molecule has 152 valence electrons. The van der Waals surface area contributed by atoms with Crippen LogP contribution in [-0.4, -0.2) is 20.7 Å². The molecule has 1 aliphatic carbocycles. The Kier molecular flexibility index (Phi) is 5.79. The first-order valence-electron chi connectivity index (χ1n) is 10.0. The average Bonchev–Trinajstić information content (AvgIpc) is 3.26. The second-order valence-corrected chi connectivity index (χ2v) is 10.2. The maximum atomic E-state index is 13.4. The Labute approximate surface area is 178 Å². The van der Waals surface area contributed by atoms with Crippen LogP contribution in [0.25, 0.3) is 10.2 Å². The number of nitrogens with one attached hydrogen (secondary N) is 1. The highest BCUT2D eigenvalue weighted by Crippen LogP contribution is 2.36. The molecule has 0 fully saturated rings. The van der Waals surface area contributed by atoms with Crippen molar-refractivity contribution in [2.24, 2.45) is 5.92 Å². The van der Waals surface area contributed by atoms with Crippen molar-refractivity contribution in [1.82, 2.24) is 9.55 Å². The lowest BCUT2D eigenvalue weighted by Gasteiger charge is -2.17. The van der Waals surface area contributed by atoms with Crippen molar-refractivity contribution >= 4 is 44.9 Å². The van der Waals surface area contributed by atoms with E-state index in [-0.39, 0.29) is 16.7 Å². The van der Waals surface area contributed by atoms with Gasteiger partial charge in [0.1, 0.15) is 4.83 Å². The number of hydrogen-bond acceptors (Lipinski definition) is 5. The van der Waals surface area contributed by atoms with Crippen molar-refractivity contribution in [1.29, 1.82) is 0 Å². The molecule has 7 heteroatoms. The largest absolute Gasteiger partial charge is 0.325 e. The van der Waals surface area contributed by atoms with Gasteiger partial charge < -0.3 is 5.32 Å². The number of nitrogens with zero attached hydrogens (tertiary/aromatic N) is 2. The van der Waals surface area contributed by atoms with Crippen LogP contribution in [0.3, 0.4) is 0 Å². The summed E-state index contributed by atoms with van der Waals surface area (Å²) in [7, 11) is 0. The summed E-state index contributed by atoms with van der Waals surface area (Å²) < 4.78 is 1.77. The van der Waals surface area contributed by atoms with Gasteiger partial charge in [-0.25, -0.2) is 4.98 Å². The van der Waals surface area contributed by atoms with Crippen LogP contribution in [0.5, 0.6) is 0 Å². The number of aryl methyl sites for hydroxylation is 2. The van der Waals surface area contributed by atoms with Crippen LogP contribution in [0.4, 0.5) is 5.69 Å². The van der Waals surface area contributed by atoms with E-state index in [1.165, 1.54) is 22.2 Å². The van der Waals surface area contributed by atoms with Crippen LogP contribution in [-0.2, 0) is 24.2 Å². The number of hydrogen-bond donors (Lipinski definition) is 1. The molecule has 29 heavy (non-hydrogen) atoms. The van der Waals surface area contributed by atoms with E-state index in [1.807, 2.05) is 37.3 Å². The fourth-order valence-electron chi connectivity index (χ4n) is 3.65. The Morgan fingerprint density at radius 1 is 1.24 bits per heavy atom. The summed E-state index contributed by atoms with van der Waals surface area (Å²) in [5.41, 5.74) is 2.01. The monoisotopic (exact) mass is 427 g/mol. The molecule has 1 aliphatic rings. The number of thiophene rings is 1. The molecule has 0 unspecified atom stereocenters. The van der Waals surface area contributed by atoms with E-state index in [0.29, 0.717) is 17.6 Å². The number of carbonyl (C=O) groups is 1. The van der Waals surface area contributed by atoms with Crippen molar-refractivity contribution in [3.05, 3.63) is 51.1 Å². The average molecular weight is 428 g/mol. The fraction of sp³-hybridized carbons (Fsp3) is 0.409. The Hall–Kier alpha value is -2.12. The minimum absolute atomic E-state index is 0.0428. The highest BCUT2D eigenvalue weighted by molar-refractivity contribution is 8.00. The number of thioether (sulfide) groups is 1. The number of anilines is 1. The molecule has 1 amide bonds. The van der Waals surface area contributed by atoms with Gasteiger partial charge in [-0.15, -0.1) is 11.3 Å². The van der Waals surface area contributed by atoms with Crippen LogP contribution >= 0.6 is 23.1 Å². The lowest BCUT2D eigenvalue weighted by molar-refractivity contribution is -0.115. The van der Waals surface area contributed by atoms with Crippen LogP contribution < -0.4 is 10.9 Å². The molecule has 2 heterocycles. The number of rotatable bonds is 6. The van der Waals surface area contributed by atoms with Crippen molar-refractivity contribution in [2.45, 2.75) is 57.0 Å². The third-order valence-corrected chi connectivity index (χ3v) is 7.31. The summed E-state index contributed by atoms with van der Waals surface area (Å²) in [6, 6.07) is 9.41. The summed E-state index contributed by atoms with van der Waals surface area (Å²) in [6.45, 7) is 6.64. The van der Waals surface area contributed by atoms with E-state index < -0.39 is 0 Å². The molecule has 0 radical (unpaired) electrons. The van der Waals surface area contributed by atoms with Gasteiger partial charge in [-0.05, 0) is 49.8 Å². The maximum absolute atomic E-state index is 13.4. The SMILES string of the molecule is CC(C)Cn1c(S[C@@H](C)C(=O)Nc2ccccc2)nc2sc3c(c2c1=O)CCC3. The topological polar surface area (TPSA) is 64.0 Å². The number of fused-ring (bicyclic) bond motifs is 3. The van der Waals surface area contributed by atoms with Gasteiger partial charge in [0.05, 0.1) is 10.6 Å². The van der Waals surface area contributed by atoms with Crippen molar-refractivity contribution in [3.8, 4) is 0 Å². The molecule has 0 bridgehead atoms. The summed E-state index contributed by atoms with van der Waals surface area (Å²) >= 11 is 3.00. The quantitative estimate of drug-likeness (QED) is 0.457. The molecule has 1 N–H and O–H groups in total. The molecule has 0 saturated heterocycles. The fourth-order valence-corrected chi connectivity index (χ4v) is 5.87. The zero-order valence-corrected chi connectivity index (χ0v) is 18.5. The van der Waals surface area contributed by atoms with E-state index >= 15 is 0 Å². The smallest absolute Gasteiger partial charge is 0.263 e. The highest BCUT2D eigenvalue weighted by atomic mass is 32.2. The first-order valence-corrected chi connectivity index (χ1v) is 11.7. The van der Waals surface area contributed by atoms with Crippen LogP contribution in [0.2, 0.25) is 0 Å². The number of carbonyl (C=O) groups excluding carboxylic acids is 1. The molecule has 0 spiro atoms. The van der Waals surface area contributed by atoms with E-state index in [9.17, 15) is 9.59 Å². The van der Waals surface area contributed by atoms with E-state index in [0.717, 1.165) is 35.2 Å². The Bertz CT molecular complexity index is 1100. The van der Waals surface area contributed by atoms with Crippen LogP contribution in [0, 0.1) is 5.92 Å². The maximum Gasteiger partial charge on any atom is 0.263 e. The Balaban J connectivity index is 1.67. The predicted molar refractivity (Wildman–Crippen MR) is 121 cm³/mol. The van der Waals surface area contributed by atoms with Gasteiger partial charge in [0.2, 0.25) is 5.91 Å². The molecular weight excluding hydrogens is 402 g/mol. The molecule has 0 aliphatic heterocycles. The third-order valence-electron chi connectivity index (χ3n) is 5.03. The summed E-state index contributed by atoms with van der Waals surface area (Å²) in [6.07, 6.45) is 3.13. The zero-order valence-electron chi connectivity index (χ0n) is 16.9. The minimum Gasteiger partial charge on any atom is -0.325 e. The van der Waals surface area contributed by atoms with Gasteiger partial charge in [-0.2, -0.15) is 0 Å². The number of para-hydroxylation sites is 1. The second-order valence-electron chi connectivity index (χ2n) is 7.86. The Morgan fingerprint density at radius 3 is 2.72 bits per heavy atom. The predicted octanol–water partition coefficient (Wildman–Crippen LogP) is 4.72. The van der Waals surface area contributed by atoms with Crippen LogP contribution in [0.15, 0.2) is 40.3 Å². The molecule has 1 aromatic carbocycles. The summed E-state index contributed by atoms with van der Waals surface area (Å²) in [5.74, 6) is 0.215. The van der Waals surface area contributed by atoms with Gasteiger partial charge >= 0.3 is 0 Å². The normalized spacial score (nSPS) is 14.3. The molecule has 5 nitrogen and oxygen atoms in total. The van der Waals surface area contributed by atoms with Crippen molar-refractivity contribution in [3.63, 3.8) is 0 Å². The van der Waals surface area contributed by atoms with Gasteiger partial charge in [0.15, 0.2) is 5.16 Å². The van der Waals surface area contributed by atoms with E-state index in [1.54, 1.807) is 15.9 Å².